The third kappa shape index (κ3) is 11.6. The summed E-state index contributed by atoms with van der Waals surface area (Å²) in [6.45, 7) is 5.25. The van der Waals surface area contributed by atoms with Crippen molar-refractivity contribution in [1.82, 2.24) is 25.0 Å². The fraction of sp³-hybridized carbons (Fsp3) is 0.769. The number of pyridine rings is 1. The van der Waals surface area contributed by atoms with Gasteiger partial charge in [0.25, 0.3) is 0 Å². The van der Waals surface area contributed by atoms with Gasteiger partial charge in [0.1, 0.15) is 0 Å². The third-order valence-electron chi connectivity index (χ3n) is 6.92. The Hall–Kier alpha value is -1.79. The highest BCUT2D eigenvalue weighted by Gasteiger charge is 2.31. The Bertz CT molecular complexity index is 859. The maximum Gasteiger partial charge on any atom is 0.315 e. The molecule has 2 fully saturated rings. The van der Waals surface area contributed by atoms with Crippen molar-refractivity contribution < 1.29 is 22.8 Å². The van der Waals surface area contributed by atoms with Crippen LogP contribution in [0.1, 0.15) is 69.8 Å². The molecule has 0 aromatic carbocycles. The molecule has 0 radical (unpaired) electrons. The molecule has 37 heavy (non-hydrogen) atoms. The number of rotatable bonds is 15. The second-order valence-corrected chi connectivity index (χ2v) is 11.8. The minimum atomic E-state index is -3.50. The summed E-state index contributed by atoms with van der Waals surface area (Å²) in [7, 11) is -3.50. The van der Waals surface area contributed by atoms with Crippen LogP contribution in [0, 0.1) is 0 Å². The average Bonchev–Trinajstić information content (AvgIpc) is 3.20. The van der Waals surface area contributed by atoms with E-state index in [1.165, 1.54) is 4.47 Å². The van der Waals surface area contributed by atoms with Crippen LogP contribution in [0.5, 0.6) is 0 Å². The summed E-state index contributed by atoms with van der Waals surface area (Å²) in [5.41, 5.74) is 0.946. The molecule has 2 aliphatic rings. The van der Waals surface area contributed by atoms with Crippen LogP contribution in [0.3, 0.4) is 0 Å². The van der Waals surface area contributed by atoms with Crippen molar-refractivity contribution in [3.8, 4) is 0 Å². The molecule has 210 valence electrons. The number of amides is 2. The van der Waals surface area contributed by atoms with Crippen molar-refractivity contribution in [2.75, 3.05) is 51.8 Å². The second-order valence-electron chi connectivity index (χ2n) is 9.89. The maximum atomic E-state index is 13.3. The van der Waals surface area contributed by atoms with Gasteiger partial charge in [0.15, 0.2) is 0 Å². The Labute approximate surface area is 222 Å². The minimum absolute atomic E-state index is 0.0634. The topological polar surface area (TPSA) is 113 Å². The number of hydroxylamine groups is 1. The first-order valence-electron chi connectivity index (χ1n) is 13.9. The van der Waals surface area contributed by atoms with Crippen molar-refractivity contribution >= 4 is 16.1 Å². The van der Waals surface area contributed by atoms with Gasteiger partial charge in [-0.1, -0.05) is 49.1 Å². The molecule has 3 rings (SSSR count). The number of nitrogens with one attached hydrogen (secondary N) is 2. The Morgan fingerprint density at radius 1 is 1.08 bits per heavy atom. The molecule has 1 aliphatic carbocycles. The summed E-state index contributed by atoms with van der Waals surface area (Å²) in [5.74, 6) is 0.0973. The SMILES string of the molecule is O=C(NCCCCCCS(=O)(=O)N(OCCN1CCOCC1)C1CCCCCC1)NCc1cccnc1. The van der Waals surface area contributed by atoms with Crippen LogP contribution in [-0.2, 0) is 26.1 Å². The lowest BCUT2D eigenvalue weighted by Gasteiger charge is -2.31. The quantitative estimate of drug-likeness (QED) is 0.200. The second kappa shape index (κ2) is 16.9. The first kappa shape index (κ1) is 29.8. The molecule has 0 bridgehead atoms. The van der Waals surface area contributed by atoms with E-state index in [0.29, 0.717) is 32.7 Å². The van der Waals surface area contributed by atoms with Gasteiger partial charge in [-0.15, -0.1) is 0 Å². The molecule has 0 atom stereocenters. The van der Waals surface area contributed by atoms with E-state index in [-0.39, 0.29) is 17.8 Å². The Morgan fingerprint density at radius 3 is 2.57 bits per heavy atom. The highest BCUT2D eigenvalue weighted by molar-refractivity contribution is 7.88. The zero-order valence-corrected chi connectivity index (χ0v) is 22.9. The van der Waals surface area contributed by atoms with Crippen LogP contribution >= 0.6 is 0 Å². The van der Waals surface area contributed by atoms with Crippen LogP contribution in [0.2, 0.25) is 0 Å². The molecule has 0 unspecified atom stereocenters. The van der Waals surface area contributed by atoms with Crippen molar-refractivity contribution in [3.05, 3.63) is 30.1 Å². The fourth-order valence-corrected chi connectivity index (χ4v) is 6.42. The lowest BCUT2D eigenvalue weighted by molar-refractivity contribution is -0.122. The number of nitrogens with zero attached hydrogens (tertiary/aromatic N) is 3. The molecular formula is C26H45N5O5S. The molecule has 1 aromatic heterocycles. The summed E-state index contributed by atoms with van der Waals surface area (Å²) < 4.78 is 33.3. The lowest BCUT2D eigenvalue weighted by Crippen LogP contribution is -2.44. The normalized spacial score (nSPS) is 18.0. The largest absolute Gasteiger partial charge is 0.379 e. The van der Waals surface area contributed by atoms with E-state index in [0.717, 1.165) is 89.7 Å². The van der Waals surface area contributed by atoms with Gasteiger partial charge in [-0.3, -0.25) is 14.7 Å². The Morgan fingerprint density at radius 2 is 1.84 bits per heavy atom. The molecule has 10 nitrogen and oxygen atoms in total. The summed E-state index contributed by atoms with van der Waals surface area (Å²) in [4.78, 5) is 24.2. The number of ether oxygens (including phenoxy) is 1. The van der Waals surface area contributed by atoms with Crippen molar-refractivity contribution in [3.63, 3.8) is 0 Å². The molecule has 1 aliphatic heterocycles. The van der Waals surface area contributed by atoms with Gasteiger partial charge in [0, 0.05) is 45.1 Å². The molecular weight excluding hydrogens is 494 g/mol. The summed E-state index contributed by atoms with van der Waals surface area (Å²) in [6, 6.07) is 3.47. The van der Waals surface area contributed by atoms with Crippen LogP contribution in [0.25, 0.3) is 0 Å². The number of sulfonamides is 1. The molecule has 2 amide bonds. The highest BCUT2D eigenvalue weighted by Crippen LogP contribution is 2.25. The van der Waals surface area contributed by atoms with Crippen LogP contribution in [0.4, 0.5) is 4.79 Å². The summed E-state index contributed by atoms with van der Waals surface area (Å²) in [6.07, 6.45) is 12.6. The van der Waals surface area contributed by atoms with Gasteiger partial charge in [-0.2, -0.15) is 0 Å². The Kier molecular flexibility index (Phi) is 13.6. The van der Waals surface area contributed by atoms with Gasteiger partial charge < -0.3 is 15.4 Å². The van der Waals surface area contributed by atoms with Crippen molar-refractivity contribution in [1.29, 1.82) is 0 Å². The predicted molar refractivity (Wildman–Crippen MR) is 143 cm³/mol. The first-order chi connectivity index (χ1) is 18.0. The van der Waals surface area contributed by atoms with E-state index in [1.54, 1.807) is 12.4 Å². The Balaban J connectivity index is 1.34. The molecule has 1 saturated heterocycles. The van der Waals surface area contributed by atoms with E-state index < -0.39 is 10.0 Å². The van der Waals surface area contributed by atoms with Gasteiger partial charge in [0.2, 0.25) is 10.0 Å². The molecule has 11 heteroatoms. The van der Waals surface area contributed by atoms with E-state index in [1.807, 2.05) is 12.1 Å². The fourth-order valence-electron chi connectivity index (χ4n) is 4.77. The number of hydrogen-bond acceptors (Lipinski definition) is 7. The highest BCUT2D eigenvalue weighted by atomic mass is 32.2. The summed E-state index contributed by atoms with van der Waals surface area (Å²) >= 11 is 0. The van der Waals surface area contributed by atoms with E-state index >= 15 is 0 Å². The third-order valence-corrected chi connectivity index (χ3v) is 8.67. The number of aromatic nitrogens is 1. The van der Waals surface area contributed by atoms with Crippen LogP contribution in [-0.4, -0.2) is 86.6 Å². The minimum Gasteiger partial charge on any atom is -0.379 e. The van der Waals surface area contributed by atoms with E-state index in [4.69, 9.17) is 9.57 Å². The first-order valence-corrected chi connectivity index (χ1v) is 15.5. The lowest BCUT2D eigenvalue weighted by atomic mass is 10.1. The standard InChI is InChI=1S/C26H45N5O5S/c32-26(29-23-24-10-9-13-27-22-24)28-14-7-3-4-8-21-37(33,34)31(25-11-5-1-2-6-12-25)36-20-17-30-15-18-35-19-16-30/h9-10,13,22,25H,1-8,11-12,14-21,23H2,(H2,28,29,32). The van der Waals surface area contributed by atoms with Gasteiger partial charge in [-0.25, -0.2) is 13.2 Å². The van der Waals surface area contributed by atoms with Crippen molar-refractivity contribution in [2.45, 2.75) is 76.8 Å². The van der Waals surface area contributed by atoms with Crippen molar-refractivity contribution in [2.24, 2.45) is 0 Å². The molecule has 1 aromatic rings. The smallest absolute Gasteiger partial charge is 0.315 e. The predicted octanol–water partition coefficient (Wildman–Crippen LogP) is 3.06. The molecule has 2 N–H and O–H groups in total. The number of urea groups is 1. The monoisotopic (exact) mass is 539 g/mol. The average molecular weight is 540 g/mol. The zero-order chi connectivity index (χ0) is 26.2. The zero-order valence-electron chi connectivity index (χ0n) is 22.1. The van der Waals surface area contributed by atoms with Gasteiger partial charge in [-0.05, 0) is 37.3 Å². The van der Waals surface area contributed by atoms with Crippen LogP contribution < -0.4 is 10.6 Å². The van der Waals surface area contributed by atoms with E-state index in [9.17, 15) is 13.2 Å². The van der Waals surface area contributed by atoms with E-state index in [2.05, 4.69) is 20.5 Å². The number of hydrogen-bond donors (Lipinski definition) is 2. The van der Waals surface area contributed by atoms with Gasteiger partial charge in [0.05, 0.1) is 31.6 Å². The van der Waals surface area contributed by atoms with Crippen LogP contribution in [0.15, 0.2) is 24.5 Å². The maximum absolute atomic E-state index is 13.3. The number of morpholine rings is 1. The molecule has 0 spiro atoms. The molecule has 2 heterocycles. The summed E-state index contributed by atoms with van der Waals surface area (Å²) in [5, 5.41) is 5.66. The number of unbranched alkanes of at least 4 members (excludes halogenated alkanes) is 3. The molecule has 1 saturated carbocycles. The van der Waals surface area contributed by atoms with Gasteiger partial charge >= 0.3 is 6.03 Å². The number of carbonyl (C=O) groups is 1. The number of carbonyl (C=O) groups excluding carboxylic acids is 1.